The first-order valence-corrected chi connectivity index (χ1v) is 8.41. The summed E-state index contributed by atoms with van der Waals surface area (Å²) in [7, 11) is 0. The highest BCUT2D eigenvalue weighted by atomic mass is 19.1. The van der Waals surface area contributed by atoms with Crippen LogP contribution in [0.25, 0.3) is 0 Å². The van der Waals surface area contributed by atoms with E-state index in [0.29, 0.717) is 25.9 Å². The molecule has 1 saturated heterocycles. The Bertz CT molecular complexity index is 825. The van der Waals surface area contributed by atoms with Gasteiger partial charge in [0, 0.05) is 6.61 Å². The van der Waals surface area contributed by atoms with Gasteiger partial charge in [-0.3, -0.25) is 13.9 Å². The van der Waals surface area contributed by atoms with Gasteiger partial charge in [-0.1, -0.05) is 30.3 Å². The van der Waals surface area contributed by atoms with E-state index in [4.69, 9.17) is 4.74 Å². The van der Waals surface area contributed by atoms with Gasteiger partial charge in [-0.2, -0.15) is 4.39 Å². The molecule has 0 spiro atoms. The standard InChI is InChI=1S/C18H21FN2O4/c19-15-12-20(16-7-4-10-25-16)18(24)21(17(15)23)11-14(22)9-8-13-5-2-1-3-6-13/h1-3,5-6,12,14,16,22H,4,7-11H2/t14-,16+/m1/s1. The van der Waals surface area contributed by atoms with Gasteiger partial charge in [0.1, 0.15) is 6.23 Å². The van der Waals surface area contributed by atoms with Gasteiger partial charge < -0.3 is 9.84 Å². The van der Waals surface area contributed by atoms with Crippen LogP contribution in [0.2, 0.25) is 0 Å². The number of aliphatic hydroxyl groups is 1. The molecular formula is C18H21FN2O4. The number of rotatable bonds is 6. The maximum absolute atomic E-state index is 13.9. The molecule has 0 unspecified atom stereocenters. The molecule has 3 rings (SSSR count). The van der Waals surface area contributed by atoms with Crippen LogP contribution in [0.5, 0.6) is 0 Å². The number of benzene rings is 1. The maximum atomic E-state index is 13.9. The lowest BCUT2D eigenvalue weighted by atomic mass is 10.1. The van der Waals surface area contributed by atoms with Crippen LogP contribution in [-0.4, -0.2) is 27.0 Å². The van der Waals surface area contributed by atoms with Crippen molar-refractivity contribution in [1.82, 2.24) is 9.13 Å². The van der Waals surface area contributed by atoms with E-state index in [1.807, 2.05) is 30.3 Å². The molecule has 1 aromatic heterocycles. The number of aromatic nitrogens is 2. The average Bonchev–Trinajstić information content (AvgIpc) is 3.15. The minimum atomic E-state index is -1.02. The van der Waals surface area contributed by atoms with E-state index in [0.717, 1.165) is 27.3 Å². The second-order valence-corrected chi connectivity index (χ2v) is 6.23. The number of hydrogen-bond acceptors (Lipinski definition) is 4. The van der Waals surface area contributed by atoms with Crippen LogP contribution in [0.15, 0.2) is 46.1 Å². The topological polar surface area (TPSA) is 73.5 Å². The first-order valence-electron chi connectivity index (χ1n) is 8.41. The molecule has 1 aliphatic heterocycles. The molecule has 0 radical (unpaired) electrons. The number of aliphatic hydroxyl groups excluding tert-OH is 1. The highest BCUT2D eigenvalue weighted by Crippen LogP contribution is 2.20. The zero-order valence-corrected chi connectivity index (χ0v) is 13.8. The molecule has 0 aliphatic carbocycles. The van der Waals surface area contributed by atoms with E-state index in [2.05, 4.69) is 0 Å². The Hall–Kier alpha value is -2.25. The fourth-order valence-electron chi connectivity index (χ4n) is 3.02. The molecule has 2 atom stereocenters. The fourth-order valence-corrected chi connectivity index (χ4v) is 3.02. The number of nitrogens with zero attached hydrogens (tertiary/aromatic N) is 2. The molecule has 2 aromatic rings. The highest BCUT2D eigenvalue weighted by Gasteiger charge is 2.23. The molecule has 2 heterocycles. The minimum Gasteiger partial charge on any atom is -0.391 e. The van der Waals surface area contributed by atoms with Crippen molar-refractivity contribution in [2.45, 2.75) is 44.6 Å². The van der Waals surface area contributed by atoms with Crippen LogP contribution in [0, 0.1) is 5.82 Å². The number of halogens is 1. The molecule has 0 saturated carbocycles. The lowest BCUT2D eigenvalue weighted by Crippen LogP contribution is -2.44. The Labute approximate surface area is 144 Å². The van der Waals surface area contributed by atoms with Gasteiger partial charge in [-0.05, 0) is 31.2 Å². The number of aryl methyl sites for hydroxylation is 1. The third-order valence-corrected chi connectivity index (χ3v) is 4.37. The predicted molar refractivity (Wildman–Crippen MR) is 89.9 cm³/mol. The van der Waals surface area contributed by atoms with E-state index in [1.54, 1.807) is 0 Å². The molecular weight excluding hydrogens is 327 g/mol. The lowest BCUT2D eigenvalue weighted by Gasteiger charge is -2.17. The van der Waals surface area contributed by atoms with Gasteiger partial charge in [-0.25, -0.2) is 4.79 Å². The van der Waals surface area contributed by atoms with Crippen molar-refractivity contribution in [2.75, 3.05) is 6.61 Å². The average molecular weight is 348 g/mol. The summed E-state index contributed by atoms with van der Waals surface area (Å²) in [5.41, 5.74) is -0.625. The van der Waals surface area contributed by atoms with Crippen LogP contribution in [0.4, 0.5) is 4.39 Å². The monoisotopic (exact) mass is 348 g/mol. The van der Waals surface area contributed by atoms with Crippen molar-refractivity contribution < 1.29 is 14.2 Å². The fraction of sp³-hybridized carbons (Fsp3) is 0.444. The molecule has 0 amide bonds. The van der Waals surface area contributed by atoms with Crippen molar-refractivity contribution in [2.24, 2.45) is 0 Å². The van der Waals surface area contributed by atoms with Crippen LogP contribution in [0.1, 0.15) is 31.1 Å². The molecule has 1 N–H and O–H groups in total. The quantitative estimate of drug-likeness (QED) is 0.858. The zero-order valence-electron chi connectivity index (χ0n) is 13.8. The molecule has 1 fully saturated rings. The van der Waals surface area contributed by atoms with Gasteiger partial charge in [0.2, 0.25) is 5.82 Å². The smallest absolute Gasteiger partial charge is 0.333 e. The van der Waals surface area contributed by atoms with E-state index in [9.17, 15) is 19.1 Å². The van der Waals surface area contributed by atoms with Crippen molar-refractivity contribution in [3.8, 4) is 0 Å². The second kappa shape index (κ2) is 7.76. The maximum Gasteiger partial charge on any atom is 0.333 e. The van der Waals surface area contributed by atoms with Crippen molar-refractivity contribution >= 4 is 0 Å². The summed E-state index contributed by atoms with van der Waals surface area (Å²) in [6.45, 7) is 0.256. The Kier molecular flexibility index (Phi) is 5.45. The molecule has 1 aromatic carbocycles. The summed E-state index contributed by atoms with van der Waals surface area (Å²) in [5, 5.41) is 10.2. The molecule has 25 heavy (non-hydrogen) atoms. The molecule has 134 valence electrons. The van der Waals surface area contributed by atoms with Gasteiger partial charge in [0.05, 0.1) is 18.8 Å². The summed E-state index contributed by atoms with van der Waals surface area (Å²) in [5.74, 6) is -1.02. The van der Waals surface area contributed by atoms with Crippen molar-refractivity contribution in [1.29, 1.82) is 0 Å². The van der Waals surface area contributed by atoms with Crippen LogP contribution >= 0.6 is 0 Å². The summed E-state index contributed by atoms with van der Waals surface area (Å²) in [4.78, 5) is 24.5. The molecule has 6 nitrogen and oxygen atoms in total. The summed E-state index contributed by atoms with van der Waals surface area (Å²) in [6.07, 6.45) is 1.75. The van der Waals surface area contributed by atoms with Gasteiger partial charge in [0.25, 0.3) is 5.56 Å². The normalized spacial score (nSPS) is 18.4. The van der Waals surface area contributed by atoms with E-state index < -0.39 is 29.4 Å². The van der Waals surface area contributed by atoms with Gasteiger partial charge >= 0.3 is 5.69 Å². The van der Waals surface area contributed by atoms with Crippen molar-refractivity contribution in [3.05, 3.63) is 68.7 Å². The third-order valence-electron chi connectivity index (χ3n) is 4.37. The van der Waals surface area contributed by atoms with Crippen LogP contribution < -0.4 is 11.2 Å². The Morgan fingerprint density at radius 1 is 1.28 bits per heavy atom. The largest absolute Gasteiger partial charge is 0.391 e. The molecule has 1 aliphatic rings. The van der Waals surface area contributed by atoms with E-state index in [-0.39, 0.29) is 6.54 Å². The summed E-state index contributed by atoms with van der Waals surface area (Å²) < 4.78 is 21.2. The Morgan fingerprint density at radius 2 is 2.04 bits per heavy atom. The summed E-state index contributed by atoms with van der Waals surface area (Å²) >= 11 is 0. The molecule has 0 bridgehead atoms. The first kappa shape index (κ1) is 17.6. The van der Waals surface area contributed by atoms with Crippen LogP contribution in [-0.2, 0) is 17.7 Å². The van der Waals surface area contributed by atoms with E-state index in [1.165, 1.54) is 0 Å². The Morgan fingerprint density at radius 3 is 2.72 bits per heavy atom. The van der Waals surface area contributed by atoms with Gasteiger partial charge in [-0.15, -0.1) is 0 Å². The zero-order chi connectivity index (χ0) is 17.8. The Balaban J connectivity index is 1.76. The van der Waals surface area contributed by atoms with Crippen molar-refractivity contribution in [3.63, 3.8) is 0 Å². The second-order valence-electron chi connectivity index (χ2n) is 6.23. The minimum absolute atomic E-state index is 0.241. The predicted octanol–water partition coefficient (Wildman–Crippen LogP) is 1.45. The van der Waals surface area contributed by atoms with Crippen LogP contribution in [0.3, 0.4) is 0 Å². The van der Waals surface area contributed by atoms with E-state index >= 15 is 0 Å². The molecule has 7 heteroatoms. The first-order chi connectivity index (χ1) is 12.1. The third kappa shape index (κ3) is 4.05. The summed E-state index contributed by atoms with van der Waals surface area (Å²) in [6, 6.07) is 9.58. The lowest BCUT2D eigenvalue weighted by molar-refractivity contribution is 0.0490. The highest BCUT2D eigenvalue weighted by molar-refractivity contribution is 5.14. The number of ether oxygens (including phenoxy) is 1. The number of hydrogen-bond donors (Lipinski definition) is 1. The van der Waals surface area contributed by atoms with Gasteiger partial charge in [0.15, 0.2) is 0 Å². The SMILES string of the molecule is O=c1c(F)cn([C@@H]2CCCO2)c(=O)n1C[C@H](O)CCc1ccccc1.